The molecule has 0 heterocycles. The predicted octanol–water partition coefficient (Wildman–Crippen LogP) is 3.72. The minimum Gasteiger partial charge on any atom is -0.445 e. The van der Waals surface area contributed by atoms with E-state index in [2.05, 4.69) is 6.58 Å². The summed E-state index contributed by atoms with van der Waals surface area (Å²) in [6.45, 7) is 10.3. The maximum atomic E-state index is 11.8. The van der Waals surface area contributed by atoms with Gasteiger partial charge >= 0.3 is 11.9 Å². The lowest BCUT2D eigenvalue weighted by Gasteiger charge is -2.16. The third kappa shape index (κ3) is 7.14. The van der Waals surface area contributed by atoms with E-state index in [9.17, 15) is 9.59 Å². The molecule has 5 heteroatoms. The standard InChI is InChI=1S/C15H21ClO4/c1-6-8-13(19-11(5)17)12(7-2)9-14(18)20-15(16)10(3)4/h6-8,10,15H,1,9H2,2-5H3/b12-7-,13-8+. The molecule has 0 aliphatic heterocycles. The molecular formula is C15H21ClO4. The minimum atomic E-state index is -0.679. The zero-order valence-electron chi connectivity index (χ0n) is 12.3. The monoisotopic (exact) mass is 300 g/mol. The SMILES string of the molecule is C=C/C=C(OC(C)=O)\C(=C/C)CC(=O)OC(Cl)C(C)C. The normalized spacial score (nSPS) is 13.9. The molecule has 1 atom stereocenters. The van der Waals surface area contributed by atoms with Crippen molar-refractivity contribution in [1.82, 2.24) is 0 Å². The molecule has 0 aromatic rings. The minimum absolute atomic E-state index is 0.0198. The van der Waals surface area contributed by atoms with Crippen molar-refractivity contribution in [2.24, 2.45) is 5.92 Å². The molecule has 0 saturated carbocycles. The highest BCUT2D eigenvalue weighted by molar-refractivity contribution is 6.20. The van der Waals surface area contributed by atoms with Crippen LogP contribution in [0.4, 0.5) is 0 Å². The Labute approximate surface area is 125 Å². The van der Waals surface area contributed by atoms with Crippen molar-refractivity contribution in [3.63, 3.8) is 0 Å². The fourth-order valence-corrected chi connectivity index (χ4v) is 1.36. The number of halogens is 1. The van der Waals surface area contributed by atoms with E-state index in [1.807, 2.05) is 13.8 Å². The molecule has 4 nitrogen and oxygen atoms in total. The molecule has 20 heavy (non-hydrogen) atoms. The number of allylic oxidation sites excluding steroid dienone is 4. The number of hydrogen-bond acceptors (Lipinski definition) is 4. The Bertz CT molecular complexity index is 422. The molecule has 0 aliphatic rings. The number of carbonyl (C=O) groups excluding carboxylic acids is 2. The van der Waals surface area contributed by atoms with Crippen molar-refractivity contribution in [2.75, 3.05) is 0 Å². The number of carbonyl (C=O) groups is 2. The van der Waals surface area contributed by atoms with E-state index in [0.29, 0.717) is 5.57 Å². The Balaban J connectivity index is 4.84. The van der Waals surface area contributed by atoms with Crippen LogP contribution in [0.25, 0.3) is 0 Å². The van der Waals surface area contributed by atoms with Gasteiger partial charge in [-0.3, -0.25) is 9.59 Å². The van der Waals surface area contributed by atoms with Gasteiger partial charge in [0.15, 0.2) is 5.56 Å². The lowest BCUT2D eigenvalue weighted by Crippen LogP contribution is -2.18. The molecular weight excluding hydrogens is 280 g/mol. The second kappa shape index (κ2) is 9.37. The second-order valence-corrected chi connectivity index (χ2v) is 4.87. The summed E-state index contributed by atoms with van der Waals surface area (Å²) in [7, 11) is 0. The Morgan fingerprint density at radius 1 is 1.35 bits per heavy atom. The van der Waals surface area contributed by atoms with Crippen LogP contribution >= 0.6 is 11.6 Å². The van der Waals surface area contributed by atoms with Crippen molar-refractivity contribution in [2.45, 2.75) is 39.7 Å². The lowest BCUT2D eigenvalue weighted by molar-refractivity contribution is -0.146. The predicted molar refractivity (Wildman–Crippen MR) is 79.0 cm³/mol. The van der Waals surface area contributed by atoms with Crippen LogP contribution in [0.15, 0.2) is 36.1 Å². The molecule has 0 saturated heterocycles. The molecule has 0 aliphatic carbocycles. The lowest BCUT2D eigenvalue weighted by atomic mass is 10.1. The number of rotatable bonds is 7. The fraction of sp³-hybridized carbons (Fsp3) is 0.467. The highest BCUT2D eigenvalue weighted by Gasteiger charge is 2.18. The van der Waals surface area contributed by atoms with Crippen molar-refractivity contribution in [3.05, 3.63) is 36.1 Å². The van der Waals surface area contributed by atoms with E-state index < -0.39 is 17.5 Å². The molecule has 0 rings (SSSR count). The van der Waals surface area contributed by atoms with Crippen LogP contribution < -0.4 is 0 Å². The van der Waals surface area contributed by atoms with Gasteiger partial charge in [-0.25, -0.2) is 0 Å². The third-order valence-electron chi connectivity index (χ3n) is 2.29. The van der Waals surface area contributed by atoms with Gasteiger partial charge in [-0.15, -0.1) is 0 Å². The van der Waals surface area contributed by atoms with Crippen molar-refractivity contribution in [1.29, 1.82) is 0 Å². The summed E-state index contributed by atoms with van der Waals surface area (Å²) in [5, 5.41) is 0. The van der Waals surface area contributed by atoms with E-state index in [4.69, 9.17) is 21.1 Å². The molecule has 112 valence electrons. The van der Waals surface area contributed by atoms with E-state index in [-0.39, 0.29) is 18.1 Å². The number of alkyl halides is 1. The quantitative estimate of drug-likeness (QED) is 0.311. The maximum Gasteiger partial charge on any atom is 0.311 e. The van der Waals surface area contributed by atoms with Crippen LogP contribution in [0.5, 0.6) is 0 Å². The van der Waals surface area contributed by atoms with Gasteiger partial charge in [0.05, 0.1) is 6.42 Å². The van der Waals surface area contributed by atoms with Crippen LogP contribution in [0.2, 0.25) is 0 Å². The second-order valence-electron chi connectivity index (χ2n) is 4.44. The van der Waals surface area contributed by atoms with Crippen LogP contribution in [0.1, 0.15) is 34.1 Å². The summed E-state index contributed by atoms with van der Waals surface area (Å²) in [5.74, 6) is -0.647. The van der Waals surface area contributed by atoms with Crippen LogP contribution in [-0.2, 0) is 19.1 Å². The average molecular weight is 301 g/mol. The van der Waals surface area contributed by atoms with Crippen molar-refractivity contribution in [3.8, 4) is 0 Å². The van der Waals surface area contributed by atoms with E-state index in [0.717, 1.165) is 0 Å². The van der Waals surface area contributed by atoms with Crippen LogP contribution in [0, 0.1) is 5.92 Å². The van der Waals surface area contributed by atoms with E-state index in [1.54, 1.807) is 13.0 Å². The first-order valence-electron chi connectivity index (χ1n) is 6.32. The molecule has 0 spiro atoms. The summed E-state index contributed by atoms with van der Waals surface area (Å²) in [4.78, 5) is 22.8. The molecule has 1 unspecified atom stereocenters. The maximum absolute atomic E-state index is 11.8. The van der Waals surface area contributed by atoms with Gasteiger partial charge < -0.3 is 9.47 Å². The first-order valence-corrected chi connectivity index (χ1v) is 6.75. The van der Waals surface area contributed by atoms with E-state index >= 15 is 0 Å². The molecule has 0 aromatic carbocycles. The van der Waals surface area contributed by atoms with Gasteiger partial charge in [-0.1, -0.05) is 44.2 Å². The average Bonchev–Trinajstić information content (AvgIpc) is 2.34. The highest BCUT2D eigenvalue weighted by Crippen LogP contribution is 2.19. The molecule has 0 aromatic heterocycles. The zero-order valence-corrected chi connectivity index (χ0v) is 13.1. The van der Waals surface area contributed by atoms with Gasteiger partial charge in [0.25, 0.3) is 0 Å². The van der Waals surface area contributed by atoms with Gasteiger partial charge in [-0.05, 0) is 13.0 Å². The Morgan fingerprint density at radius 2 is 1.95 bits per heavy atom. The summed E-state index contributed by atoms with van der Waals surface area (Å²) in [6.07, 6.45) is 4.65. The molecule has 0 radical (unpaired) electrons. The first-order chi connectivity index (χ1) is 9.31. The zero-order chi connectivity index (χ0) is 15.7. The van der Waals surface area contributed by atoms with Gasteiger partial charge in [0, 0.05) is 18.4 Å². The number of esters is 2. The fourth-order valence-electron chi connectivity index (χ4n) is 1.26. The largest absolute Gasteiger partial charge is 0.445 e. The topological polar surface area (TPSA) is 52.6 Å². The van der Waals surface area contributed by atoms with E-state index in [1.165, 1.54) is 19.1 Å². The van der Waals surface area contributed by atoms with Gasteiger partial charge in [-0.2, -0.15) is 0 Å². The number of ether oxygens (including phenoxy) is 2. The summed E-state index contributed by atoms with van der Waals surface area (Å²) in [6, 6.07) is 0. The smallest absolute Gasteiger partial charge is 0.311 e. The Hall–Kier alpha value is -1.55. The summed E-state index contributed by atoms with van der Waals surface area (Å²) >= 11 is 5.88. The van der Waals surface area contributed by atoms with Crippen LogP contribution in [-0.4, -0.2) is 17.5 Å². The Morgan fingerprint density at radius 3 is 2.35 bits per heavy atom. The highest BCUT2D eigenvalue weighted by atomic mass is 35.5. The number of hydrogen-bond donors (Lipinski definition) is 0. The molecule has 0 fully saturated rings. The summed E-state index contributed by atoms with van der Waals surface area (Å²) < 4.78 is 10.1. The first kappa shape index (κ1) is 18.4. The van der Waals surface area contributed by atoms with Crippen LogP contribution in [0.3, 0.4) is 0 Å². The van der Waals surface area contributed by atoms with Crippen molar-refractivity contribution >= 4 is 23.5 Å². The van der Waals surface area contributed by atoms with Crippen molar-refractivity contribution < 1.29 is 19.1 Å². The molecule has 0 N–H and O–H groups in total. The molecule has 0 amide bonds. The Kier molecular flexibility index (Phi) is 8.64. The van der Waals surface area contributed by atoms with Gasteiger partial charge in [0.1, 0.15) is 5.76 Å². The molecule has 0 bridgehead atoms. The van der Waals surface area contributed by atoms with Gasteiger partial charge in [0.2, 0.25) is 0 Å². The third-order valence-corrected chi connectivity index (χ3v) is 2.88. The summed E-state index contributed by atoms with van der Waals surface area (Å²) in [5.41, 5.74) is -0.140.